The molecule has 2 fully saturated rings. The number of likely N-dealkylation sites (tertiary alicyclic amines) is 2. The molecule has 0 aliphatic carbocycles. The Kier molecular flexibility index (Phi) is 4.82. The van der Waals surface area contributed by atoms with Crippen molar-refractivity contribution in [3.63, 3.8) is 0 Å². The largest absolute Gasteiger partial charge is 0.340 e. The highest BCUT2D eigenvalue weighted by atomic mass is 35.5. The summed E-state index contributed by atoms with van der Waals surface area (Å²) < 4.78 is 27.8. The third-order valence-corrected chi connectivity index (χ3v) is 5.11. The third-order valence-electron chi connectivity index (χ3n) is 4.85. The number of hydrogen-bond acceptors (Lipinski definition) is 3. The summed E-state index contributed by atoms with van der Waals surface area (Å²) in [5.41, 5.74) is 0.515. The second kappa shape index (κ2) is 6.58. The zero-order valence-corrected chi connectivity index (χ0v) is 14.6. The molecule has 0 bridgehead atoms. The Labute approximate surface area is 146 Å². The lowest BCUT2D eigenvalue weighted by Crippen LogP contribution is -2.60. The maximum absolute atomic E-state index is 13.9. The minimum Gasteiger partial charge on any atom is -0.340 e. The van der Waals surface area contributed by atoms with Gasteiger partial charge < -0.3 is 9.80 Å². The van der Waals surface area contributed by atoms with E-state index in [9.17, 15) is 13.6 Å². The molecule has 3 rings (SSSR count). The number of benzene rings is 1. The second-order valence-electron chi connectivity index (χ2n) is 6.95. The Morgan fingerprint density at radius 2 is 1.96 bits per heavy atom. The summed E-state index contributed by atoms with van der Waals surface area (Å²) >= 11 is 5.83. The Balaban J connectivity index is 1.66. The van der Waals surface area contributed by atoms with Crippen LogP contribution in [-0.4, -0.2) is 78.9 Å². The monoisotopic (exact) mass is 357 g/mol. The first-order valence-corrected chi connectivity index (χ1v) is 8.46. The van der Waals surface area contributed by atoms with Crippen molar-refractivity contribution in [2.75, 3.05) is 40.3 Å². The highest BCUT2D eigenvalue weighted by molar-refractivity contribution is 6.30. The number of hydrogen-bond donors (Lipinski definition) is 0. The molecule has 0 aromatic heterocycles. The lowest BCUT2D eigenvalue weighted by molar-refractivity contribution is -0.00983. The van der Waals surface area contributed by atoms with Crippen molar-refractivity contribution in [2.24, 2.45) is 0 Å². The molecule has 7 heteroatoms. The van der Waals surface area contributed by atoms with E-state index in [0.29, 0.717) is 17.1 Å². The fourth-order valence-corrected chi connectivity index (χ4v) is 3.73. The summed E-state index contributed by atoms with van der Waals surface area (Å²) in [5, 5.41) is 0.560. The highest BCUT2D eigenvalue weighted by Gasteiger charge is 2.49. The van der Waals surface area contributed by atoms with Crippen LogP contribution in [0.25, 0.3) is 0 Å². The average Bonchev–Trinajstić information content (AvgIpc) is 2.78. The third kappa shape index (κ3) is 3.71. The van der Waals surface area contributed by atoms with E-state index in [1.807, 2.05) is 11.9 Å². The lowest BCUT2D eigenvalue weighted by atomic mass is 10.1. The number of rotatable bonds is 4. The van der Waals surface area contributed by atoms with Gasteiger partial charge in [0.1, 0.15) is 0 Å². The predicted octanol–water partition coefficient (Wildman–Crippen LogP) is 2.44. The van der Waals surface area contributed by atoms with E-state index in [1.54, 1.807) is 31.3 Å². The van der Waals surface area contributed by atoms with Gasteiger partial charge >= 0.3 is 0 Å². The molecule has 0 N–H and O–H groups in total. The fraction of sp³-hybridized carbons (Fsp3) is 0.588. The SMILES string of the molecule is CN1CC(N2CC(F)(F)C[C@H]2CN(C)C(=O)c2ccc(Cl)cc2)C1. The average molecular weight is 358 g/mol. The van der Waals surface area contributed by atoms with E-state index in [2.05, 4.69) is 4.90 Å². The van der Waals surface area contributed by atoms with Crippen LogP contribution in [0.2, 0.25) is 5.02 Å². The topological polar surface area (TPSA) is 26.8 Å². The van der Waals surface area contributed by atoms with E-state index < -0.39 is 5.92 Å². The van der Waals surface area contributed by atoms with Gasteiger partial charge in [0, 0.05) is 55.8 Å². The van der Waals surface area contributed by atoms with Gasteiger partial charge in [-0.25, -0.2) is 8.78 Å². The maximum Gasteiger partial charge on any atom is 0.262 e. The summed E-state index contributed by atoms with van der Waals surface area (Å²) in [5.74, 6) is -2.85. The van der Waals surface area contributed by atoms with Crippen LogP contribution in [-0.2, 0) is 0 Å². The Hall–Kier alpha value is -1.24. The van der Waals surface area contributed by atoms with E-state index in [4.69, 9.17) is 11.6 Å². The van der Waals surface area contributed by atoms with Crippen LogP contribution in [0.3, 0.4) is 0 Å². The van der Waals surface area contributed by atoms with Gasteiger partial charge in [-0.2, -0.15) is 0 Å². The first kappa shape index (κ1) is 17.6. The first-order chi connectivity index (χ1) is 11.2. The van der Waals surface area contributed by atoms with Gasteiger partial charge in [0.2, 0.25) is 0 Å². The van der Waals surface area contributed by atoms with Gasteiger partial charge in [0.05, 0.1) is 6.54 Å². The zero-order chi connectivity index (χ0) is 17.5. The zero-order valence-electron chi connectivity index (χ0n) is 13.9. The van der Waals surface area contributed by atoms with Crippen molar-refractivity contribution in [2.45, 2.75) is 24.4 Å². The molecule has 4 nitrogen and oxygen atoms in total. The molecular weight excluding hydrogens is 336 g/mol. The molecule has 0 spiro atoms. The van der Waals surface area contributed by atoms with Crippen LogP contribution in [0, 0.1) is 0 Å². The molecule has 2 heterocycles. The van der Waals surface area contributed by atoms with Crippen LogP contribution in [0.1, 0.15) is 16.8 Å². The number of likely N-dealkylation sites (N-methyl/N-ethyl adjacent to an activating group) is 2. The van der Waals surface area contributed by atoms with Gasteiger partial charge in [-0.15, -0.1) is 0 Å². The Morgan fingerprint density at radius 3 is 2.54 bits per heavy atom. The highest BCUT2D eigenvalue weighted by Crippen LogP contribution is 2.35. The molecule has 2 saturated heterocycles. The number of halogens is 3. The fourth-order valence-electron chi connectivity index (χ4n) is 3.61. The molecular formula is C17H22ClF2N3O. The summed E-state index contributed by atoms with van der Waals surface area (Å²) in [6, 6.07) is 6.48. The minimum absolute atomic E-state index is 0.160. The van der Waals surface area contributed by atoms with Crippen molar-refractivity contribution < 1.29 is 13.6 Å². The molecule has 2 aliphatic rings. The smallest absolute Gasteiger partial charge is 0.262 e. The predicted molar refractivity (Wildman–Crippen MR) is 89.8 cm³/mol. The molecule has 0 saturated carbocycles. The van der Waals surface area contributed by atoms with Gasteiger partial charge in [0.25, 0.3) is 11.8 Å². The quantitative estimate of drug-likeness (QED) is 0.828. The van der Waals surface area contributed by atoms with Crippen LogP contribution < -0.4 is 0 Å². The summed E-state index contributed by atoms with van der Waals surface area (Å²) in [6.45, 7) is 1.71. The molecule has 0 unspecified atom stereocenters. The summed E-state index contributed by atoms with van der Waals surface area (Å²) in [4.78, 5) is 18.0. The second-order valence-corrected chi connectivity index (χ2v) is 7.39. The lowest BCUT2D eigenvalue weighted by Gasteiger charge is -2.44. The maximum atomic E-state index is 13.9. The van der Waals surface area contributed by atoms with Crippen molar-refractivity contribution in [1.82, 2.24) is 14.7 Å². The van der Waals surface area contributed by atoms with Crippen molar-refractivity contribution in [3.8, 4) is 0 Å². The van der Waals surface area contributed by atoms with Crippen LogP contribution in [0.5, 0.6) is 0 Å². The van der Waals surface area contributed by atoms with E-state index >= 15 is 0 Å². The van der Waals surface area contributed by atoms with Crippen LogP contribution in [0.15, 0.2) is 24.3 Å². The first-order valence-electron chi connectivity index (χ1n) is 8.08. The Morgan fingerprint density at radius 1 is 1.33 bits per heavy atom. The van der Waals surface area contributed by atoms with Gasteiger partial charge in [-0.05, 0) is 31.3 Å². The summed E-state index contributed by atoms with van der Waals surface area (Å²) in [6.07, 6.45) is -0.189. The molecule has 2 aliphatic heterocycles. The molecule has 132 valence electrons. The number of carbonyl (C=O) groups excluding carboxylic acids is 1. The van der Waals surface area contributed by atoms with Gasteiger partial charge in [0.15, 0.2) is 0 Å². The molecule has 24 heavy (non-hydrogen) atoms. The number of amides is 1. The van der Waals surface area contributed by atoms with E-state index in [-0.39, 0.29) is 31.0 Å². The molecule has 1 amide bonds. The van der Waals surface area contributed by atoms with Crippen LogP contribution in [0.4, 0.5) is 8.78 Å². The Bertz CT molecular complexity index is 604. The van der Waals surface area contributed by atoms with Gasteiger partial charge in [-0.3, -0.25) is 9.69 Å². The van der Waals surface area contributed by atoms with Crippen molar-refractivity contribution in [1.29, 1.82) is 0 Å². The van der Waals surface area contributed by atoms with Crippen LogP contribution >= 0.6 is 11.6 Å². The van der Waals surface area contributed by atoms with E-state index in [1.165, 1.54) is 4.90 Å². The molecule has 1 aromatic carbocycles. The van der Waals surface area contributed by atoms with Crippen molar-refractivity contribution in [3.05, 3.63) is 34.9 Å². The minimum atomic E-state index is -2.68. The number of alkyl halides is 2. The molecule has 1 aromatic rings. The van der Waals surface area contributed by atoms with Crippen molar-refractivity contribution >= 4 is 17.5 Å². The van der Waals surface area contributed by atoms with Gasteiger partial charge in [-0.1, -0.05) is 11.6 Å². The summed E-state index contributed by atoms with van der Waals surface area (Å²) in [7, 11) is 3.65. The molecule has 1 atom stereocenters. The van der Waals surface area contributed by atoms with E-state index in [0.717, 1.165) is 13.1 Å². The normalized spacial score (nSPS) is 24.8. The molecule has 0 radical (unpaired) electrons. The standard InChI is InChI=1S/C17H22ClF2N3O/c1-21-8-15(9-21)23-11-17(19,20)7-14(23)10-22(2)16(24)12-3-5-13(18)6-4-12/h3-6,14-15H,7-11H2,1-2H3/t14-/m0/s1. The number of nitrogens with zero attached hydrogens (tertiary/aromatic N) is 3. The number of carbonyl (C=O) groups is 1.